The van der Waals surface area contributed by atoms with Crippen LogP contribution in [0.25, 0.3) is 0 Å². The Morgan fingerprint density at radius 2 is 2.20 bits per heavy atom. The largest absolute Gasteiger partial charge is 0.341 e. The van der Waals surface area contributed by atoms with E-state index in [0.29, 0.717) is 18.5 Å². The van der Waals surface area contributed by atoms with Crippen LogP contribution in [0.2, 0.25) is 5.28 Å². The minimum absolute atomic E-state index is 0.00441. The molecule has 0 atom stereocenters. The van der Waals surface area contributed by atoms with Gasteiger partial charge in [-0.15, -0.1) is 0 Å². The van der Waals surface area contributed by atoms with E-state index in [0.717, 1.165) is 17.8 Å². The van der Waals surface area contributed by atoms with Gasteiger partial charge in [-0.1, -0.05) is 6.92 Å². The third-order valence-corrected chi connectivity index (χ3v) is 2.78. The van der Waals surface area contributed by atoms with Crippen molar-refractivity contribution in [3.05, 3.63) is 22.2 Å². The standard InChI is InChI=1S/C10H12ClN3O/c1-3-6-8-7(13-10(11)12-6)4-5-14(2)9(8)15/h3-5H2,1-2H3. The van der Waals surface area contributed by atoms with E-state index in [9.17, 15) is 4.79 Å². The highest BCUT2D eigenvalue weighted by Gasteiger charge is 2.26. The number of hydrogen-bond donors (Lipinski definition) is 0. The Morgan fingerprint density at radius 1 is 1.47 bits per heavy atom. The van der Waals surface area contributed by atoms with Crippen LogP contribution >= 0.6 is 11.6 Å². The fourth-order valence-electron chi connectivity index (χ4n) is 1.78. The van der Waals surface area contributed by atoms with Gasteiger partial charge in [0, 0.05) is 20.0 Å². The lowest BCUT2D eigenvalue weighted by Crippen LogP contribution is -2.36. The molecular weight excluding hydrogens is 214 g/mol. The minimum atomic E-state index is 0.00441. The number of aromatic nitrogens is 2. The minimum Gasteiger partial charge on any atom is -0.341 e. The first-order chi connectivity index (χ1) is 7.13. The summed E-state index contributed by atoms with van der Waals surface area (Å²) in [5.74, 6) is 0.00441. The number of carbonyl (C=O) groups is 1. The van der Waals surface area contributed by atoms with Gasteiger partial charge in [-0.3, -0.25) is 4.79 Å². The van der Waals surface area contributed by atoms with Crippen LogP contribution < -0.4 is 0 Å². The number of hydrogen-bond acceptors (Lipinski definition) is 3. The summed E-state index contributed by atoms with van der Waals surface area (Å²) in [6.45, 7) is 2.66. The van der Waals surface area contributed by atoms with Crippen molar-refractivity contribution in [3.8, 4) is 0 Å². The topological polar surface area (TPSA) is 46.1 Å². The van der Waals surface area contributed by atoms with E-state index in [-0.39, 0.29) is 11.2 Å². The molecule has 0 aliphatic carbocycles. The first kappa shape index (κ1) is 10.4. The molecule has 15 heavy (non-hydrogen) atoms. The summed E-state index contributed by atoms with van der Waals surface area (Å²) in [7, 11) is 1.79. The summed E-state index contributed by atoms with van der Waals surface area (Å²) in [6, 6.07) is 0. The van der Waals surface area contributed by atoms with Crippen molar-refractivity contribution in [2.24, 2.45) is 0 Å². The van der Waals surface area contributed by atoms with Crippen LogP contribution in [-0.2, 0) is 12.8 Å². The SMILES string of the molecule is CCc1nc(Cl)nc2c1C(=O)N(C)CC2. The fraction of sp³-hybridized carbons (Fsp3) is 0.500. The highest BCUT2D eigenvalue weighted by Crippen LogP contribution is 2.21. The van der Waals surface area contributed by atoms with Gasteiger partial charge in [0.15, 0.2) is 0 Å². The maximum atomic E-state index is 11.9. The normalized spacial score (nSPS) is 15.4. The van der Waals surface area contributed by atoms with Gasteiger partial charge in [0.05, 0.1) is 17.0 Å². The zero-order chi connectivity index (χ0) is 11.0. The Kier molecular flexibility index (Phi) is 2.61. The second-order valence-corrected chi connectivity index (χ2v) is 3.93. The Balaban J connectivity index is 2.60. The molecule has 0 fully saturated rings. The Morgan fingerprint density at radius 3 is 2.87 bits per heavy atom. The number of halogens is 1. The van der Waals surface area contributed by atoms with Crippen molar-refractivity contribution in [3.63, 3.8) is 0 Å². The molecule has 0 bridgehead atoms. The van der Waals surface area contributed by atoms with Gasteiger partial charge in [0.1, 0.15) is 0 Å². The predicted molar refractivity (Wildman–Crippen MR) is 57.1 cm³/mol. The number of rotatable bonds is 1. The van der Waals surface area contributed by atoms with Crippen molar-refractivity contribution in [2.75, 3.05) is 13.6 Å². The van der Waals surface area contributed by atoms with Crippen LogP contribution in [0.4, 0.5) is 0 Å². The van der Waals surface area contributed by atoms with E-state index in [1.165, 1.54) is 0 Å². The molecule has 2 rings (SSSR count). The van der Waals surface area contributed by atoms with Gasteiger partial charge in [-0.05, 0) is 18.0 Å². The first-order valence-corrected chi connectivity index (χ1v) is 5.32. The number of amides is 1. The van der Waals surface area contributed by atoms with E-state index in [1.54, 1.807) is 11.9 Å². The second kappa shape index (κ2) is 3.77. The number of carbonyl (C=O) groups excluding carboxylic acids is 1. The molecule has 0 N–H and O–H groups in total. The van der Waals surface area contributed by atoms with Crippen LogP contribution in [0.3, 0.4) is 0 Å². The van der Waals surface area contributed by atoms with Crippen molar-refractivity contribution >= 4 is 17.5 Å². The molecular formula is C10H12ClN3O. The zero-order valence-corrected chi connectivity index (χ0v) is 9.51. The maximum absolute atomic E-state index is 11.9. The van der Waals surface area contributed by atoms with Gasteiger partial charge in [-0.25, -0.2) is 9.97 Å². The number of fused-ring (bicyclic) bond motifs is 1. The van der Waals surface area contributed by atoms with Gasteiger partial charge in [0.2, 0.25) is 5.28 Å². The predicted octanol–water partition coefficient (Wildman–Crippen LogP) is 1.32. The molecule has 2 heterocycles. The highest BCUT2D eigenvalue weighted by molar-refractivity contribution is 6.28. The van der Waals surface area contributed by atoms with Gasteiger partial charge >= 0.3 is 0 Å². The molecule has 1 aliphatic rings. The summed E-state index contributed by atoms with van der Waals surface area (Å²) in [5, 5.41) is 0.239. The van der Waals surface area contributed by atoms with E-state index < -0.39 is 0 Å². The van der Waals surface area contributed by atoms with Crippen molar-refractivity contribution in [1.29, 1.82) is 0 Å². The van der Waals surface area contributed by atoms with Crippen molar-refractivity contribution in [1.82, 2.24) is 14.9 Å². The summed E-state index contributed by atoms with van der Waals surface area (Å²) in [4.78, 5) is 21.8. The molecule has 1 aliphatic heterocycles. The van der Waals surface area contributed by atoms with Crippen LogP contribution in [-0.4, -0.2) is 34.4 Å². The lowest BCUT2D eigenvalue weighted by Gasteiger charge is -2.25. The molecule has 0 unspecified atom stereocenters. The van der Waals surface area contributed by atoms with Gasteiger partial charge < -0.3 is 4.90 Å². The third kappa shape index (κ3) is 1.69. The smallest absolute Gasteiger partial charge is 0.257 e. The molecule has 0 radical (unpaired) electrons. The molecule has 0 spiro atoms. The molecule has 1 amide bonds. The van der Waals surface area contributed by atoms with Crippen molar-refractivity contribution in [2.45, 2.75) is 19.8 Å². The maximum Gasteiger partial charge on any atom is 0.257 e. The fourth-order valence-corrected chi connectivity index (χ4v) is 1.98. The van der Waals surface area contributed by atoms with E-state index >= 15 is 0 Å². The molecule has 80 valence electrons. The lowest BCUT2D eigenvalue weighted by molar-refractivity contribution is 0.0777. The molecule has 5 heteroatoms. The quantitative estimate of drug-likeness (QED) is 0.678. The van der Waals surface area contributed by atoms with Crippen LogP contribution in [0.15, 0.2) is 0 Å². The zero-order valence-electron chi connectivity index (χ0n) is 8.75. The summed E-state index contributed by atoms with van der Waals surface area (Å²) >= 11 is 5.80. The number of aryl methyl sites for hydroxylation is 1. The van der Waals surface area contributed by atoms with E-state index in [4.69, 9.17) is 11.6 Å². The van der Waals surface area contributed by atoms with E-state index in [2.05, 4.69) is 9.97 Å². The lowest BCUT2D eigenvalue weighted by atomic mass is 10.0. The second-order valence-electron chi connectivity index (χ2n) is 3.59. The molecule has 4 nitrogen and oxygen atoms in total. The van der Waals surface area contributed by atoms with Crippen molar-refractivity contribution < 1.29 is 4.79 Å². The summed E-state index contributed by atoms with van der Waals surface area (Å²) in [5.41, 5.74) is 2.19. The summed E-state index contributed by atoms with van der Waals surface area (Å²) in [6.07, 6.45) is 1.46. The highest BCUT2D eigenvalue weighted by atomic mass is 35.5. The average Bonchev–Trinajstić information content (AvgIpc) is 2.22. The van der Waals surface area contributed by atoms with Crippen LogP contribution in [0.1, 0.15) is 28.7 Å². The molecule has 0 saturated carbocycles. The number of likely N-dealkylation sites (N-methyl/N-ethyl adjacent to an activating group) is 1. The van der Waals surface area contributed by atoms with Gasteiger partial charge in [0.25, 0.3) is 5.91 Å². The first-order valence-electron chi connectivity index (χ1n) is 4.94. The van der Waals surface area contributed by atoms with Gasteiger partial charge in [-0.2, -0.15) is 0 Å². The molecule has 0 aromatic carbocycles. The Hall–Kier alpha value is -1.16. The molecule has 1 aromatic heterocycles. The molecule has 1 aromatic rings. The Bertz CT molecular complexity index is 402. The number of nitrogens with zero attached hydrogens (tertiary/aromatic N) is 3. The summed E-state index contributed by atoms with van der Waals surface area (Å²) < 4.78 is 0. The monoisotopic (exact) mass is 225 g/mol. The average molecular weight is 226 g/mol. The Labute approximate surface area is 93.3 Å². The van der Waals surface area contributed by atoms with Crippen LogP contribution in [0, 0.1) is 0 Å². The van der Waals surface area contributed by atoms with Crippen LogP contribution in [0.5, 0.6) is 0 Å². The van der Waals surface area contributed by atoms with E-state index in [1.807, 2.05) is 6.92 Å². The molecule has 0 saturated heterocycles. The third-order valence-electron chi connectivity index (χ3n) is 2.61.